The van der Waals surface area contributed by atoms with Gasteiger partial charge in [-0.2, -0.15) is 0 Å². The van der Waals surface area contributed by atoms with Gasteiger partial charge in [-0.25, -0.2) is 0 Å². The highest BCUT2D eigenvalue weighted by atomic mass is 16.6. The first-order valence-electron chi connectivity index (χ1n) is 7.94. The highest BCUT2D eigenvalue weighted by Gasteiger charge is 2.02. The largest absolute Gasteiger partial charge is 0.384 e. The molecule has 0 aromatic heterocycles. The van der Waals surface area contributed by atoms with Gasteiger partial charge in [0.2, 0.25) is 0 Å². The van der Waals surface area contributed by atoms with Crippen LogP contribution in [0.15, 0.2) is 35.5 Å². The number of rotatable bonds is 11. The summed E-state index contributed by atoms with van der Waals surface area (Å²) in [4.78, 5) is 16.5. The molecule has 0 heterocycles. The van der Waals surface area contributed by atoms with Crippen LogP contribution in [0.2, 0.25) is 0 Å². The molecule has 0 saturated heterocycles. The van der Waals surface area contributed by atoms with E-state index in [0.717, 1.165) is 12.8 Å². The zero-order valence-electron chi connectivity index (χ0n) is 14.0. The van der Waals surface area contributed by atoms with Crippen molar-refractivity contribution in [2.24, 2.45) is 10.9 Å². The molecule has 1 rings (SSSR count). The van der Waals surface area contributed by atoms with Crippen molar-refractivity contribution in [1.82, 2.24) is 5.32 Å². The molecule has 3 N–H and O–H groups in total. The first-order chi connectivity index (χ1) is 11.1. The number of carbonyl (C=O) groups excluding carboxylic acids is 1. The number of oxime groups is 1. The molecular formula is C17H27N3O3. The Morgan fingerprint density at radius 2 is 2.04 bits per heavy atom. The predicted molar refractivity (Wildman–Crippen MR) is 91.1 cm³/mol. The van der Waals surface area contributed by atoms with Gasteiger partial charge in [-0.15, -0.1) is 0 Å². The number of nitrogens with zero attached hydrogens (tertiary/aromatic N) is 1. The Morgan fingerprint density at radius 1 is 1.30 bits per heavy atom. The summed E-state index contributed by atoms with van der Waals surface area (Å²) in [7, 11) is 0. The van der Waals surface area contributed by atoms with Crippen LogP contribution in [0.25, 0.3) is 0 Å². The average Bonchev–Trinajstić information content (AvgIpc) is 2.53. The van der Waals surface area contributed by atoms with Gasteiger partial charge in [-0.05, 0) is 32.3 Å². The Labute approximate surface area is 138 Å². The normalized spacial score (nSPS) is 11.5. The van der Waals surface area contributed by atoms with E-state index in [0.29, 0.717) is 25.4 Å². The smallest absolute Gasteiger partial charge is 0.260 e. The van der Waals surface area contributed by atoms with Crippen LogP contribution in [0.5, 0.6) is 0 Å². The molecule has 1 aromatic carbocycles. The van der Waals surface area contributed by atoms with Crippen LogP contribution in [-0.4, -0.2) is 37.6 Å². The molecule has 6 nitrogen and oxygen atoms in total. The summed E-state index contributed by atoms with van der Waals surface area (Å²) in [5.74, 6) is 0.168. The van der Waals surface area contributed by atoms with Crippen LogP contribution in [0.4, 0.5) is 0 Å². The van der Waals surface area contributed by atoms with Crippen molar-refractivity contribution in [3.05, 3.63) is 35.9 Å². The van der Waals surface area contributed by atoms with Crippen LogP contribution in [-0.2, 0) is 20.8 Å². The molecule has 1 amide bonds. The van der Waals surface area contributed by atoms with Crippen molar-refractivity contribution in [3.63, 3.8) is 0 Å². The van der Waals surface area contributed by atoms with E-state index in [1.54, 1.807) is 0 Å². The number of aryl methyl sites for hydroxylation is 1. The molecule has 23 heavy (non-hydrogen) atoms. The lowest BCUT2D eigenvalue weighted by Crippen LogP contribution is -2.29. The Kier molecular flexibility index (Phi) is 9.47. The lowest BCUT2D eigenvalue weighted by molar-refractivity contribution is -0.125. The maximum atomic E-state index is 11.5. The van der Waals surface area contributed by atoms with E-state index in [9.17, 15) is 4.79 Å². The van der Waals surface area contributed by atoms with Crippen LogP contribution in [0, 0.1) is 0 Å². The minimum absolute atomic E-state index is 0.128. The maximum absolute atomic E-state index is 11.5. The van der Waals surface area contributed by atoms with Crippen molar-refractivity contribution in [3.8, 4) is 0 Å². The quantitative estimate of drug-likeness (QED) is 0.282. The molecule has 0 unspecified atom stereocenters. The third-order valence-electron chi connectivity index (χ3n) is 2.98. The molecule has 0 bridgehead atoms. The van der Waals surface area contributed by atoms with Crippen LogP contribution >= 0.6 is 0 Å². The van der Waals surface area contributed by atoms with E-state index in [1.807, 2.05) is 44.2 Å². The Hall–Kier alpha value is -2.08. The van der Waals surface area contributed by atoms with Crippen LogP contribution in [0.3, 0.4) is 0 Å². The number of nitrogens with two attached hydrogens (primary N) is 1. The summed E-state index contributed by atoms with van der Waals surface area (Å²) in [5, 5.41) is 6.49. The fourth-order valence-corrected chi connectivity index (χ4v) is 1.81. The minimum atomic E-state index is -0.214. The fraction of sp³-hybridized carbons (Fsp3) is 0.529. The first-order valence-corrected chi connectivity index (χ1v) is 7.94. The summed E-state index contributed by atoms with van der Waals surface area (Å²) in [6.45, 7) is 5.02. The number of amides is 1. The number of nitrogens with one attached hydrogen (secondary N) is 1. The fourth-order valence-electron chi connectivity index (χ4n) is 1.81. The summed E-state index contributed by atoms with van der Waals surface area (Å²) < 4.78 is 5.38. The van der Waals surface area contributed by atoms with Crippen LogP contribution < -0.4 is 11.1 Å². The zero-order valence-corrected chi connectivity index (χ0v) is 14.0. The van der Waals surface area contributed by atoms with Crippen molar-refractivity contribution in [2.75, 3.05) is 19.8 Å². The van der Waals surface area contributed by atoms with E-state index in [-0.39, 0.29) is 18.6 Å². The second-order valence-corrected chi connectivity index (χ2v) is 5.46. The van der Waals surface area contributed by atoms with Gasteiger partial charge < -0.3 is 20.6 Å². The lowest BCUT2D eigenvalue weighted by atomic mass is 10.1. The SMILES string of the molecule is CC(C)OCCCNC(=O)CO/N=C(\N)CCc1ccccc1. The number of amidine groups is 1. The number of carbonyl (C=O) groups is 1. The molecular weight excluding hydrogens is 294 g/mol. The van der Waals surface area contributed by atoms with E-state index >= 15 is 0 Å². The second-order valence-electron chi connectivity index (χ2n) is 5.46. The molecule has 128 valence electrons. The van der Waals surface area contributed by atoms with Crippen LogP contribution in [0.1, 0.15) is 32.3 Å². The predicted octanol–water partition coefficient (Wildman–Crippen LogP) is 1.84. The molecule has 1 aromatic rings. The molecule has 6 heteroatoms. The highest BCUT2D eigenvalue weighted by Crippen LogP contribution is 2.02. The Bertz CT molecular complexity index is 475. The molecule has 0 aliphatic carbocycles. The van der Waals surface area contributed by atoms with Gasteiger partial charge in [0.05, 0.1) is 6.10 Å². The molecule has 0 aliphatic heterocycles. The zero-order chi connectivity index (χ0) is 16.9. The number of ether oxygens (including phenoxy) is 1. The third kappa shape index (κ3) is 10.3. The molecule has 0 spiro atoms. The van der Waals surface area contributed by atoms with Crippen molar-refractivity contribution >= 4 is 11.7 Å². The van der Waals surface area contributed by atoms with E-state index in [2.05, 4.69) is 10.5 Å². The van der Waals surface area contributed by atoms with Gasteiger partial charge >= 0.3 is 0 Å². The van der Waals surface area contributed by atoms with Crippen molar-refractivity contribution in [1.29, 1.82) is 0 Å². The molecule has 0 saturated carbocycles. The third-order valence-corrected chi connectivity index (χ3v) is 2.98. The van der Waals surface area contributed by atoms with Gasteiger partial charge in [-0.3, -0.25) is 4.79 Å². The first kappa shape index (κ1) is 19.0. The molecule has 0 radical (unpaired) electrons. The Balaban J connectivity index is 2.08. The van der Waals surface area contributed by atoms with Gasteiger partial charge in [0, 0.05) is 19.6 Å². The minimum Gasteiger partial charge on any atom is -0.384 e. The maximum Gasteiger partial charge on any atom is 0.260 e. The monoisotopic (exact) mass is 321 g/mol. The van der Waals surface area contributed by atoms with Crippen molar-refractivity contribution < 1.29 is 14.4 Å². The summed E-state index contributed by atoms with van der Waals surface area (Å²) in [6, 6.07) is 10.00. The molecule has 0 fully saturated rings. The van der Waals surface area contributed by atoms with Crippen molar-refractivity contribution in [2.45, 2.75) is 39.2 Å². The topological polar surface area (TPSA) is 85.9 Å². The number of benzene rings is 1. The second kappa shape index (κ2) is 11.5. The summed E-state index contributed by atoms with van der Waals surface area (Å²) >= 11 is 0. The van der Waals surface area contributed by atoms with Gasteiger partial charge in [0.25, 0.3) is 5.91 Å². The molecule has 0 atom stereocenters. The van der Waals surface area contributed by atoms with Gasteiger partial charge in [0.15, 0.2) is 6.61 Å². The molecule has 0 aliphatic rings. The average molecular weight is 321 g/mol. The van der Waals surface area contributed by atoms with Gasteiger partial charge in [-0.1, -0.05) is 35.5 Å². The lowest BCUT2D eigenvalue weighted by Gasteiger charge is -2.08. The highest BCUT2D eigenvalue weighted by molar-refractivity contribution is 5.80. The Morgan fingerprint density at radius 3 is 2.74 bits per heavy atom. The summed E-state index contributed by atoms with van der Waals surface area (Å²) in [5.41, 5.74) is 6.94. The van der Waals surface area contributed by atoms with E-state index < -0.39 is 0 Å². The number of hydrogen-bond donors (Lipinski definition) is 2. The van der Waals surface area contributed by atoms with E-state index in [1.165, 1.54) is 5.56 Å². The van der Waals surface area contributed by atoms with Gasteiger partial charge in [0.1, 0.15) is 5.84 Å². The standard InChI is InChI=1S/C17H27N3O3/c1-14(2)22-12-6-11-19-17(21)13-23-20-16(18)10-9-15-7-4-3-5-8-15/h3-5,7-8,14H,6,9-13H2,1-2H3,(H2,18,20)(H,19,21). The summed E-state index contributed by atoms with van der Waals surface area (Å²) in [6.07, 6.45) is 2.37. The van der Waals surface area contributed by atoms with E-state index in [4.69, 9.17) is 15.3 Å². The number of hydrogen-bond acceptors (Lipinski definition) is 4.